The Balaban J connectivity index is 1.23. The molecule has 0 unspecified atom stereocenters. The zero-order valence-electron chi connectivity index (χ0n) is 20.7. The van der Waals surface area contributed by atoms with Gasteiger partial charge in [-0.25, -0.2) is 9.29 Å². The Hall–Kier alpha value is -5.09. The number of nitrogens with zero attached hydrogens (tertiary/aromatic N) is 1. The first-order chi connectivity index (χ1) is 19.5. The number of ether oxygens (including phenoxy) is 2. The van der Waals surface area contributed by atoms with Crippen molar-refractivity contribution in [3.05, 3.63) is 119 Å². The number of nitrogens with one attached hydrogen (secondary N) is 2. The fourth-order valence-corrected chi connectivity index (χ4v) is 5.10. The normalized spacial score (nSPS) is 14.1. The van der Waals surface area contributed by atoms with Crippen LogP contribution in [-0.4, -0.2) is 24.5 Å². The minimum atomic E-state index is -0.518. The number of rotatable bonds is 7. The third kappa shape index (κ3) is 4.99. The minimum Gasteiger partial charge on any atom is -0.454 e. The van der Waals surface area contributed by atoms with E-state index in [1.54, 1.807) is 72.8 Å². The van der Waals surface area contributed by atoms with Gasteiger partial charge in [-0.05, 0) is 78.9 Å². The molecular formula is C30H20FN3O5S. The van der Waals surface area contributed by atoms with E-state index in [1.165, 1.54) is 24.3 Å². The molecule has 0 atom stereocenters. The molecule has 10 heteroatoms. The standard InChI is InChI=1S/C30H20FN3O5S/c31-19-7-9-20(10-8-19)32-26-27(30(37)34(29(26)36)22-4-2-1-3-5-22)40-23-13-11-21(12-14-23)33-28(35)18-6-15-24-25(16-18)39-17-38-24/h1-16,32H,17H2,(H,33,35). The van der Waals surface area contributed by atoms with Crippen molar-refractivity contribution < 1.29 is 28.2 Å². The van der Waals surface area contributed by atoms with E-state index in [0.29, 0.717) is 39.0 Å². The minimum absolute atomic E-state index is 0.0886. The highest BCUT2D eigenvalue weighted by molar-refractivity contribution is 8.04. The maximum Gasteiger partial charge on any atom is 0.283 e. The van der Waals surface area contributed by atoms with E-state index in [-0.39, 0.29) is 23.3 Å². The first-order valence-electron chi connectivity index (χ1n) is 12.2. The molecular weight excluding hydrogens is 533 g/mol. The Labute approximate surface area is 232 Å². The van der Waals surface area contributed by atoms with Crippen LogP contribution in [0, 0.1) is 5.82 Å². The summed E-state index contributed by atoms with van der Waals surface area (Å²) in [5.74, 6) is -0.632. The fourth-order valence-electron chi connectivity index (χ4n) is 4.17. The van der Waals surface area contributed by atoms with Crippen molar-refractivity contribution in [1.29, 1.82) is 0 Å². The molecule has 6 rings (SSSR count). The monoisotopic (exact) mass is 553 g/mol. The Morgan fingerprint density at radius 2 is 1.50 bits per heavy atom. The Morgan fingerprint density at radius 3 is 2.25 bits per heavy atom. The quantitative estimate of drug-likeness (QED) is 0.280. The number of hydrogen-bond donors (Lipinski definition) is 2. The maximum atomic E-state index is 13.5. The topological polar surface area (TPSA) is 97.0 Å². The van der Waals surface area contributed by atoms with E-state index >= 15 is 0 Å². The number of para-hydroxylation sites is 1. The molecule has 4 aromatic carbocycles. The Kier molecular flexibility index (Phi) is 6.67. The lowest BCUT2D eigenvalue weighted by molar-refractivity contribution is -0.120. The van der Waals surface area contributed by atoms with Crippen LogP contribution in [0.2, 0.25) is 0 Å². The molecule has 40 heavy (non-hydrogen) atoms. The van der Waals surface area contributed by atoms with Crippen LogP contribution < -0.4 is 25.0 Å². The van der Waals surface area contributed by atoms with Crippen molar-refractivity contribution in [3.63, 3.8) is 0 Å². The van der Waals surface area contributed by atoms with Crippen molar-refractivity contribution in [2.24, 2.45) is 0 Å². The van der Waals surface area contributed by atoms with Crippen LogP contribution in [0.3, 0.4) is 0 Å². The van der Waals surface area contributed by atoms with E-state index in [9.17, 15) is 18.8 Å². The molecule has 0 saturated heterocycles. The number of carbonyl (C=O) groups excluding carboxylic acids is 3. The average molecular weight is 554 g/mol. The summed E-state index contributed by atoms with van der Waals surface area (Å²) in [5.41, 5.74) is 1.96. The van der Waals surface area contributed by atoms with Crippen molar-refractivity contribution >= 4 is 46.5 Å². The number of benzene rings is 4. The molecule has 2 heterocycles. The highest BCUT2D eigenvalue weighted by Gasteiger charge is 2.40. The second-order valence-electron chi connectivity index (χ2n) is 8.77. The lowest BCUT2D eigenvalue weighted by Crippen LogP contribution is -2.32. The molecule has 0 saturated carbocycles. The van der Waals surface area contributed by atoms with Gasteiger partial charge in [0.05, 0.1) is 5.69 Å². The van der Waals surface area contributed by atoms with Crippen molar-refractivity contribution in [2.75, 3.05) is 22.3 Å². The van der Waals surface area contributed by atoms with Crippen molar-refractivity contribution in [3.8, 4) is 11.5 Å². The molecule has 0 radical (unpaired) electrons. The van der Waals surface area contributed by atoms with Crippen LogP contribution in [0.5, 0.6) is 11.5 Å². The summed E-state index contributed by atoms with van der Waals surface area (Å²) in [6.07, 6.45) is 0. The van der Waals surface area contributed by atoms with Crippen LogP contribution in [0.1, 0.15) is 10.4 Å². The zero-order valence-corrected chi connectivity index (χ0v) is 21.5. The van der Waals surface area contributed by atoms with Crippen molar-refractivity contribution in [2.45, 2.75) is 4.90 Å². The van der Waals surface area contributed by atoms with Gasteiger partial charge in [-0.15, -0.1) is 0 Å². The first-order valence-corrected chi connectivity index (χ1v) is 13.0. The van der Waals surface area contributed by atoms with Crippen molar-refractivity contribution in [1.82, 2.24) is 0 Å². The van der Waals surface area contributed by atoms with E-state index in [0.717, 1.165) is 16.7 Å². The van der Waals surface area contributed by atoms with Gasteiger partial charge in [0.2, 0.25) is 6.79 Å². The molecule has 2 N–H and O–H groups in total. The molecule has 0 aromatic heterocycles. The van der Waals surface area contributed by atoms with Gasteiger partial charge in [0.25, 0.3) is 17.7 Å². The smallest absolute Gasteiger partial charge is 0.283 e. The molecule has 2 aliphatic rings. The van der Waals surface area contributed by atoms with E-state index in [4.69, 9.17) is 9.47 Å². The second-order valence-corrected chi connectivity index (χ2v) is 9.85. The zero-order chi connectivity index (χ0) is 27.6. The SMILES string of the molecule is O=C(Nc1ccc(SC2=C(Nc3ccc(F)cc3)C(=O)N(c3ccccc3)C2=O)cc1)c1ccc2c(c1)OCO2. The number of hydrogen-bond acceptors (Lipinski definition) is 7. The van der Waals surface area contributed by atoms with E-state index in [2.05, 4.69) is 10.6 Å². The van der Waals surface area contributed by atoms with Gasteiger partial charge in [0.15, 0.2) is 11.5 Å². The maximum absolute atomic E-state index is 13.5. The van der Waals surface area contributed by atoms with Gasteiger partial charge in [0.1, 0.15) is 16.4 Å². The Bertz CT molecular complexity index is 1660. The summed E-state index contributed by atoms with van der Waals surface area (Å²) in [6.45, 7) is 0.119. The number of amides is 3. The van der Waals surface area contributed by atoms with Crippen LogP contribution in [-0.2, 0) is 9.59 Å². The molecule has 4 aromatic rings. The number of imide groups is 1. The van der Waals surface area contributed by atoms with Gasteiger partial charge >= 0.3 is 0 Å². The predicted octanol–water partition coefficient (Wildman–Crippen LogP) is 5.80. The second kappa shape index (κ2) is 10.6. The summed E-state index contributed by atoms with van der Waals surface area (Å²) in [7, 11) is 0. The van der Waals surface area contributed by atoms with Crippen LogP contribution in [0.25, 0.3) is 0 Å². The summed E-state index contributed by atoms with van der Waals surface area (Å²) >= 11 is 1.12. The van der Waals surface area contributed by atoms with Crippen LogP contribution >= 0.6 is 11.8 Å². The largest absolute Gasteiger partial charge is 0.454 e. The predicted molar refractivity (Wildman–Crippen MR) is 149 cm³/mol. The van der Waals surface area contributed by atoms with Gasteiger partial charge in [-0.2, -0.15) is 0 Å². The molecule has 2 aliphatic heterocycles. The van der Waals surface area contributed by atoms with Gasteiger partial charge in [-0.1, -0.05) is 30.0 Å². The summed E-state index contributed by atoms with van der Waals surface area (Å²) in [5, 5.41) is 5.83. The highest BCUT2D eigenvalue weighted by atomic mass is 32.2. The number of fused-ring (bicyclic) bond motifs is 1. The molecule has 8 nitrogen and oxygen atoms in total. The van der Waals surface area contributed by atoms with Gasteiger partial charge in [0, 0.05) is 21.8 Å². The number of anilines is 3. The molecule has 0 aliphatic carbocycles. The third-order valence-corrected chi connectivity index (χ3v) is 7.23. The first kappa shape index (κ1) is 25.2. The molecule has 0 fully saturated rings. The highest BCUT2D eigenvalue weighted by Crippen LogP contribution is 2.38. The summed E-state index contributed by atoms with van der Waals surface area (Å²) in [6, 6.07) is 26.0. The summed E-state index contributed by atoms with van der Waals surface area (Å²) < 4.78 is 24.1. The molecule has 0 bridgehead atoms. The number of carbonyl (C=O) groups is 3. The third-order valence-electron chi connectivity index (χ3n) is 6.14. The molecule has 3 amide bonds. The van der Waals surface area contributed by atoms with Crippen LogP contribution in [0.15, 0.2) is 113 Å². The van der Waals surface area contributed by atoms with E-state index in [1.807, 2.05) is 0 Å². The fraction of sp³-hybridized carbons (Fsp3) is 0.0333. The van der Waals surface area contributed by atoms with Gasteiger partial charge < -0.3 is 20.1 Å². The molecule has 0 spiro atoms. The number of halogens is 1. The number of thioether (sulfide) groups is 1. The molecule has 198 valence electrons. The Morgan fingerprint density at radius 1 is 0.800 bits per heavy atom. The van der Waals surface area contributed by atoms with E-state index < -0.39 is 17.6 Å². The summed E-state index contributed by atoms with van der Waals surface area (Å²) in [4.78, 5) is 41.6. The van der Waals surface area contributed by atoms with Crippen LogP contribution in [0.4, 0.5) is 21.5 Å². The lowest BCUT2D eigenvalue weighted by Gasteiger charge is -2.15. The average Bonchev–Trinajstić information content (AvgIpc) is 3.53. The lowest BCUT2D eigenvalue weighted by atomic mass is 10.2. The van der Waals surface area contributed by atoms with Gasteiger partial charge in [-0.3, -0.25) is 14.4 Å².